The van der Waals surface area contributed by atoms with E-state index in [0.717, 1.165) is 0 Å². The van der Waals surface area contributed by atoms with E-state index in [9.17, 15) is 9.59 Å². The highest BCUT2D eigenvalue weighted by Crippen LogP contribution is 2.17. The third-order valence-corrected chi connectivity index (χ3v) is 2.34. The van der Waals surface area contributed by atoms with Crippen LogP contribution in [0.15, 0.2) is 24.3 Å². The van der Waals surface area contributed by atoms with Gasteiger partial charge in [-0.2, -0.15) is 0 Å². The van der Waals surface area contributed by atoms with Gasteiger partial charge < -0.3 is 19.5 Å². The SMILES string of the molecule is COC(=O)C(COc1ccc(OC)cc1)NC(C)=O. The van der Waals surface area contributed by atoms with Crippen molar-refractivity contribution >= 4 is 11.9 Å². The van der Waals surface area contributed by atoms with E-state index in [1.165, 1.54) is 14.0 Å². The topological polar surface area (TPSA) is 73.9 Å². The van der Waals surface area contributed by atoms with Crippen molar-refractivity contribution in [3.8, 4) is 11.5 Å². The zero-order valence-electron chi connectivity index (χ0n) is 11.1. The van der Waals surface area contributed by atoms with E-state index in [4.69, 9.17) is 9.47 Å². The number of methoxy groups -OCH3 is 2. The van der Waals surface area contributed by atoms with Crippen molar-refractivity contribution in [2.45, 2.75) is 13.0 Å². The highest BCUT2D eigenvalue weighted by Gasteiger charge is 2.20. The summed E-state index contributed by atoms with van der Waals surface area (Å²) < 4.78 is 15.0. The predicted molar refractivity (Wildman–Crippen MR) is 68.1 cm³/mol. The molecule has 0 saturated carbocycles. The number of benzene rings is 1. The second-order valence-corrected chi connectivity index (χ2v) is 3.76. The first kappa shape index (κ1) is 14.8. The number of esters is 1. The summed E-state index contributed by atoms with van der Waals surface area (Å²) in [4.78, 5) is 22.4. The molecule has 6 heteroatoms. The van der Waals surface area contributed by atoms with Crippen LogP contribution in [0.1, 0.15) is 6.92 Å². The molecule has 0 spiro atoms. The van der Waals surface area contributed by atoms with Gasteiger partial charge in [-0.25, -0.2) is 4.79 Å². The molecular weight excluding hydrogens is 250 g/mol. The van der Waals surface area contributed by atoms with Gasteiger partial charge in [-0.15, -0.1) is 0 Å². The molecule has 104 valence electrons. The van der Waals surface area contributed by atoms with Gasteiger partial charge in [0.1, 0.15) is 18.1 Å². The maximum absolute atomic E-state index is 11.4. The van der Waals surface area contributed by atoms with Crippen molar-refractivity contribution in [2.24, 2.45) is 0 Å². The Labute approximate surface area is 111 Å². The fourth-order valence-electron chi connectivity index (χ4n) is 1.41. The standard InChI is InChI=1S/C13H17NO5/c1-9(15)14-12(13(16)18-3)8-19-11-6-4-10(17-2)5-7-11/h4-7,12H,8H2,1-3H3,(H,14,15). The molecule has 19 heavy (non-hydrogen) atoms. The van der Waals surface area contributed by atoms with Crippen molar-refractivity contribution in [2.75, 3.05) is 20.8 Å². The summed E-state index contributed by atoms with van der Waals surface area (Å²) in [6.45, 7) is 1.32. The summed E-state index contributed by atoms with van der Waals surface area (Å²) >= 11 is 0. The third kappa shape index (κ3) is 4.87. The summed E-state index contributed by atoms with van der Waals surface area (Å²) in [6, 6.07) is 6.06. The molecule has 6 nitrogen and oxygen atoms in total. The van der Waals surface area contributed by atoms with Crippen molar-refractivity contribution < 1.29 is 23.8 Å². The number of carbonyl (C=O) groups excluding carboxylic acids is 2. The summed E-state index contributed by atoms with van der Waals surface area (Å²) in [5.41, 5.74) is 0. The largest absolute Gasteiger partial charge is 0.497 e. The number of nitrogens with one attached hydrogen (secondary N) is 1. The highest BCUT2D eigenvalue weighted by molar-refractivity contribution is 5.83. The quantitative estimate of drug-likeness (QED) is 0.770. The van der Waals surface area contributed by atoms with Gasteiger partial charge in [0.25, 0.3) is 0 Å². The smallest absolute Gasteiger partial charge is 0.331 e. The fourth-order valence-corrected chi connectivity index (χ4v) is 1.41. The minimum atomic E-state index is -0.829. The minimum absolute atomic E-state index is 0.00141. The van der Waals surface area contributed by atoms with E-state index in [1.807, 2.05) is 0 Å². The molecule has 1 amide bonds. The second-order valence-electron chi connectivity index (χ2n) is 3.76. The zero-order valence-corrected chi connectivity index (χ0v) is 11.1. The van der Waals surface area contributed by atoms with Gasteiger partial charge >= 0.3 is 5.97 Å². The van der Waals surface area contributed by atoms with Crippen LogP contribution in [0.4, 0.5) is 0 Å². The van der Waals surface area contributed by atoms with Crippen molar-refractivity contribution in [1.82, 2.24) is 5.32 Å². The van der Waals surface area contributed by atoms with E-state index >= 15 is 0 Å². The van der Waals surface area contributed by atoms with Crippen LogP contribution in [0.25, 0.3) is 0 Å². The predicted octanol–water partition coefficient (Wildman–Crippen LogP) is 0.752. The Morgan fingerprint density at radius 3 is 2.21 bits per heavy atom. The maximum atomic E-state index is 11.4. The Hall–Kier alpha value is -2.24. The first-order chi connectivity index (χ1) is 9.06. The van der Waals surface area contributed by atoms with Gasteiger partial charge in [-0.05, 0) is 24.3 Å². The Bertz CT molecular complexity index is 429. The summed E-state index contributed by atoms with van der Waals surface area (Å²) in [5, 5.41) is 2.46. The molecule has 1 rings (SSSR count). The Balaban J connectivity index is 2.59. The number of hydrogen-bond acceptors (Lipinski definition) is 5. The lowest BCUT2D eigenvalue weighted by molar-refractivity contribution is -0.145. The minimum Gasteiger partial charge on any atom is -0.497 e. The molecule has 1 aromatic carbocycles. The molecule has 0 aromatic heterocycles. The molecule has 1 unspecified atom stereocenters. The van der Waals surface area contributed by atoms with E-state index < -0.39 is 12.0 Å². The van der Waals surface area contributed by atoms with E-state index in [0.29, 0.717) is 11.5 Å². The molecule has 0 aliphatic rings. The van der Waals surface area contributed by atoms with Gasteiger partial charge in [0, 0.05) is 6.92 Å². The molecular formula is C13H17NO5. The molecule has 0 radical (unpaired) electrons. The van der Waals surface area contributed by atoms with Crippen LogP contribution < -0.4 is 14.8 Å². The molecule has 1 atom stereocenters. The highest BCUT2D eigenvalue weighted by atomic mass is 16.5. The Morgan fingerprint density at radius 2 is 1.74 bits per heavy atom. The molecule has 0 fully saturated rings. The molecule has 0 aliphatic carbocycles. The van der Waals surface area contributed by atoms with Gasteiger partial charge in [-0.1, -0.05) is 0 Å². The zero-order chi connectivity index (χ0) is 14.3. The van der Waals surface area contributed by atoms with Crippen LogP contribution in [0.3, 0.4) is 0 Å². The number of rotatable bonds is 6. The maximum Gasteiger partial charge on any atom is 0.331 e. The summed E-state index contributed by atoms with van der Waals surface area (Å²) in [5.74, 6) is 0.399. The monoisotopic (exact) mass is 267 g/mol. The number of hydrogen-bond donors (Lipinski definition) is 1. The molecule has 1 N–H and O–H groups in total. The van der Waals surface area contributed by atoms with Crippen molar-refractivity contribution in [3.05, 3.63) is 24.3 Å². The van der Waals surface area contributed by atoms with Crippen LogP contribution >= 0.6 is 0 Å². The average Bonchev–Trinajstić information content (AvgIpc) is 2.42. The van der Waals surface area contributed by atoms with Crippen LogP contribution in [-0.2, 0) is 14.3 Å². The number of carbonyl (C=O) groups is 2. The molecule has 0 aliphatic heterocycles. The van der Waals surface area contributed by atoms with Crippen LogP contribution in [-0.4, -0.2) is 38.7 Å². The average molecular weight is 267 g/mol. The van der Waals surface area contributed by atoms with Crippen molar-refractivity contribution in [3.63, 3.8) is 0 Å². The fraction of sp³-hybridized carbons (Fsp3) is 0.385. The molecule has 0 saturated heterocycles. The van der Waals surface area contributed by atoms with Crippen LogP contribution in [0.5, 0.6) is 11.5 Å². The lowest BCUT2D eigenvalue weighted by Crippen LogP contribution is -2.44. The van der Waals surface area contributed by atoms with Gasteiger partial charge in [0.2, 0.25) is 5.91 Å². The summed E-state index contributed by atoms with van der Waals surface area (Å²) in [6.07, 6.45) is 0. The summed E-state index contributed by atoms with van der Waals surface area (Å²) in [7, 11) is 2.82. The first-order valence-electron chi connectivity index (χ1n) is 5.68. The van der Waals surface area contributed by atoms with Crippen LogP contribution in [0, 0.1) is 0 Å². The Kier molecular flexibility index (Phi) is 5.66. The van der Waals surface area contributed by atoms with Gasteiger partial charge in [-0.3, -0.25) is 4.79 Å². The van der Waals surface area contributed by atoms with E-state index in [2.05, 4.69) is 10.1 Å². The molecule has 1 aromatic rings. The second kappa shape index (κ2) is 7.25. The first-order valence-corrected chi connectivity index (χ1v) is 5.68. The van der Waals surface area contributed by atoms with Crippen molar-refractivity contribution in [1.29, 1.82) is 0 Å². The van der Waals surface area contributed by atoms with Gasteiger partial charge in [0.15, 0.2) is 6.04 Å². The Morgan fingerprint density at radius 1 is 1.16 bits per heavy atom. The van der Waals surface area contributed by atoms with E-state index in [-0.39, 0.29) is 12.5 Å². The van der Waals surface area contributed by atoms with E-state index in [1.54, 1.807) is 31.4 Å². The number of ether oxygens (including phenoxy) is 3. The molecule has 0 heterocycles. The van der Waals surface area contributed by atoms with Crippen LogP contribution in [0.2, 0.25) is 0 Å². The number of amides is 1. The van der Waals surface area contributed by atoms with Gasteiger partial charge in [0.05, 0.1) is 14.2 Å². The normalized spacial score (nSPS) is 11.3. The molecule has 0 bridgehead atoms. The lowest BCUT2D eigenvalue weighted by atomic mass is 10.3. The lowest BCUT2D eigenvalue weighted by Gasteiger charge is -2.16. The third-order valence-electron chi connectivity index (χ3n) is 2.34.